The molecule has 2 N–H and O–H groups in total. The van der Waals surface area contributed by atoms with Gasteiger partial charge in [-0.15, -0.1) is 0 Å². The lowest BCUT2D eigenvalue weighted by atomic mass is 9.94. The molecule has 0 rings (SSSR count). The maximum atomic E-state index is 12.1. The molecule has 2 unspecified atom stereocenters. The first-order valence-corrected chi connectivity index (χ1v) is 7.46. The monoisotopic (exact) mass is 267 g/mol. The average Bonchev–Trinajstić information content (AvgIpc) is 2.41. The number of amides is 1. The quantitative estimate of drug-likeness (QED) is 0.661. The summed E-state index contributed by atoms with van der Waals surface area (Å²) < 4.78 is 0. The van der Waals surface area contributed by atoms with Gasteiger partial charge in [-0.2, -0.15) is 5.26 Å². The van der Waals surface area contributed by atoms with E-state index in [9.17, 15) is 4.79 Å². The standard InChI is InChI=1S/C15H29N3O/c1-4-6-14(9-10-16)7-8-15(19)18(5-2)12-13(3)11-17/h13-14H,4-10,12,16H2,1-3H3. The molecule has 19 heavy (non-hydrogen) atoms. The minimum Gasteiger partial charge on any atom is -0.342 e. The van der Waals surface area contributed by atoms with E-state index in [0.717, 1.165) is 25.7 Å². The number of rotatable bonds is 10. The van der Waals surface area contributed by atoms with Crippen LogP contribution in [0.5, 0.6) is 0 Å². The summed E-state index contributed by atoms with van der Waals surface area (Å²) in [7, 11) is 0. The van der Waals surface area contributed by atoms with Crippen molar-refractivity contribution in [2.75, 3.05) is 19.6 Å². The second kappa shape index (κ2) is 10.8. The summed E-state index contributed by atoms with van der Waals surface area (Å²) >= 11 is 0. The molecule has 1 amide bonds. The summed E-state index contributed by atoms with van der Waals surface area (Å²) in [5.74, 6) is 0.633. The van der Waals surface area contributed by atoms with Gasteiger partial charge in [0, 0.05) is 19.5 Å². The number of nitrogens with zero attached hydrogens (tertiary/aromatic N) is 2. The number of carbonyl (C=O) groups excluding carboxylic acids is 1. The van der Waals surface area contributed by atoms with Crippen molar-refractivity contribution in [3.05, 3.63) is 0 Å². The lowest BCUT2D eigenvalue weighted by Crippen LogP contribution is -2.34. The van der Waals surface area contributed by atoms with Crippen LogP contribution in [0.1, 0.15) is 52.9 Å². The van der Waals surface area contributed by atoms with Crippen LogP contribution in [-0.4, -0.2) is 30.4 Å². The third-order valence-electron chi connectivity index (χ3n) is 3.49. The van der Waals surface area contributed by atoms with Crippen LogP contribution in [0.25, 0.3) is 0 Å². The zero-order chi connectivity index (χ0) is 14.7. The highest BCUT2D eigenvalue weighted by Crippen LogP contribution is 2.18. The Balaban J connectivity index is 4.21. The maximum absolute atomic E-state index is 12.1. The SMILES string of the molecule is CCCC(CCN)CCC(=O)N(CC)CC(C)C#N. The molecular weight excluding hydrogens is 238 g/mol. The molecule has 4 heteroatoms. The Morgan fingerprint density at radius 3 is 2.47 bits per heavy atom. The molecular formula is C15H29N3O. The van der Waals surface area contributed by atoms with Gasteiger partial charge >= 0.3 is 0 Å². The van der Waals surface area contributed by atoms with E-state index in [0.29, 0.717) is 32.0 Å². The van der Waals surface area contributed by atoms with E-state index in [4.69, 9.17) is 11.0 Å². The zero-order valence-electron chi connectivity index (χ0n) is 12.7. The highest BCUT2D eigenvalue weighted by atomic mass is 16.2. The largest absolute Gasteiger partial charge is 0.342 e. The molecule has 0 saturated heterocycles. The van der Waals surface area contributed by atoms with Crippen molar-refractivity contribution in [3.63, 3.8) is 0 Å². The van der Waals surface area contributed by atoms with Gasteiger partial charge in [0.15, 0.2) is 0 Å². The molecule has 2 atom stereocenters. The molecule has 0 aromatic rings. The molecule has 0 aliphatic rings. The lowest BCUT2D eigenvalue weighted by molar-refractivity contribution is -0.131. The number of carbonyl (C=O) groups is 1. The van der Waals surface area contributed by atoms with Crippen molar-refractivity contribution >= 4 is 5.91 Å². The Labute approximate surface area is 118 Å². The normalized spacial score (nSPS) is 13.6. The van der Waals surface area contributed by atoms with Crippen LogP contribution in [0, 0.1) is 23.2 Å². The summed E-state index contributed by atoms with van der Waals surface area (Å²) in [5, 5.41) is 8.82. The van der Waals surface area contributed by atoms with Crippen LogP contribution in [0.3, 0.4) is 0 Å². The van der Waals surface area contributed by atoms with Gasteiger partial charge in [0.2, 0.25) is 5.91 Å². The molecule has 0 heterocycles. The van der Waals surface area contributed by atoms with Crippen molar-refractivity contribution in [2.24, 2.45) is 17.6 Å². The number of nitriles is 1. The van der Waals surface area contributed by atoms with E-state index in [2.05, 4.69) is 13.0 Å². The highest BCUT2D eigenvalue weighted by Gasteiger charge is 2.16. The molecule has 0 radical (unpaired) electrons. The molecule has 0 bridgehead atoms. The molecule has 4 nitrogen and oxygen atoms in total. The smallest absolute Gasteiger partial charge is 0.222 e. The van der Waals surface area contributed by atoms with Crippen molar-refractivity contribution < 1.29 is 4.79 Å². The Morgan fingerprint density at radius 2 is 2.00 bits per heavy atom. The number of hydrogen-bond acceptors (Lipinski definition) is 3. The summed E-state index contributed by atoms with van der Waals surface area (Å²) in [6.07, 6.45) is 4.78. The van der Waals surface area contributed by atoms with Gasteiger partial charge in [-0.3, -0.25) is 4.79 Å². The Morgan fingerprint density at radius 1 is 1.32 bits per heavy atom. The number of nitrogens with two attached hydrogens (primary N) is 1. The average molecular weight is 267 g/mol. The molecule has 0 aliphatic carbocycles. The Hall–Kier alpha value is -1.08. The first kappa shape index (κ1) is 17.9. The van der Waals surface area contributed by atoms with E-state index in [1.54, 1.807) is 4.90 Å². The third kappa shape index (κ3) is 7.84. The van der Waals surface area contributed by atoms with Crippen LogP contribution in [-0.2, 0) is 4.79 Å². The molecule has 0 aromatic carbocycles. The lowest BCUT2D eigenvalue weighted by Gasteiger charge is -2.23. The zero-order valence-corrected chi connectivity index (χ0v) is 12.7. The van der Waals surface area contributed by atoms with Gasteiger partial charge in [0.25, 0.3) is 0 Å². The van der Waals surface area contributed by atoms with Gasteiger partial charge in [0.05, 0.1) is 12.0 Å². The van der Waals surface area contributed by atoms with Crippen LogP contribution in [0.2, 0.25) is 0 Å². The molecule has 0 aliphatic heterocycles. The second-order valence-electron chi connectivity index (χ2n) is 5.23. The van der Waals surface area contributed by atoms with Crippen molar-refractivity contribution in [3.8, 4) is 6.07 Å². The molecule has 110 valence electrons. The first-order valence-electron chi connectivity index (χ1n) is 7.46. The van der Waals surface area contributed by atoms with E-state index >= 15 is 0 Å². The highest BCUT2D eigenvalue weighted by molar-refractivity contribution is 5.76. The van der Waals surface area contributed by atoms with Crippen LogP contribution in [0.4, 0.5) is 0 Å². The second-order valence-corrected chi connectivity index (χ2v) is 5.23. The van der Waals surface area contributed by atoms with Gasteiger partial charge in [-0.05, 0) is 39.2 Å². The predicted molar refractivity (Wildman–Crippen MR) is 78.3 cm³/mol. The molecule has 0 saturated carbocycles. The van der Waals surface area contributed by atoms with Gasteiger partial charge in [0.1, 0.15) is 0 Å². The van der Waals surface area contributed by atoms with Crippen LogP contribution >= 0.6 is 0 Å². The van der Waals surface area contributed by atoms with Crippen molar-refractivity contribution in [2.45, 2.75) is 52.9 Å². The third-order valence-corrected chi connectivity index (χ3v) is 3.49. The maximum Gasteiger partial charge on any atom is 0.222 e. The molecule has 0 fully saturated rings. The van der Waals surface area contributed by atoms with E-state index in [1.165, 1.54) is 0 Å². The van der Waals surface area contributed by atoms with E-state index in [-0.39, 0.29) is 11.8 Å². The van der Waals surface area contributed by atoms with Crippen molar-refractivity contribution in [1.29, 1.82) is 5.26 Å². The van der Waals surface area contributed by atoms with Gasteiger partial charge < -0.3 is 10.6 Å². The van der Waals surface area contributed by atoms with Gasteiger partial charge in [-0.25, -0.2) is 0 Å². The molecule has 0 spiro atoms. The Kier molecular flexibility index (Phi) is 10.2. The van der Waals surface area contributed by atoms with E-state index in [1.807, 2.05) is 13.8 Å². The first-order chi connectivity index (χ1) is 9.08. The number of hydrogen-bond donors (Lipinski definition) is 1. The summed E-state index contributed by atoms with van der Waals surface area (Å²) in [4.78, 5) is 13.9. The predicted octanol–water partition coefficient (Wildman–Crippen LogP) is 2.54. The fourth-order valence-electron chi connectivity index (χ4n) is 2.34. The summed E-state index contributed by atoms with van der Waals surface area (Å²) in [6, 6.07) is 2.18. The fourth-order valence-corrected chi connectivity index (χ4v) is 2.34. The topological polar surface area (TPSA) is 70.1 Å². The van der Waals surface area contributed by atoms with Gasteiger partial charge in [-0.1, -0.05) is 19.8 Å². The molecule has 0 aromatic heterocycles. The van der Waals surface area contributed by atoms with E-state index < -0.39 is 0 Å². The van der Waals surface area contributed by atoms with Crippen LogP contribution < -0.4 is 5.73 Å². The van der Waals surface area contributed by atoms with Crippen LogP contribution in [0.15, 0.2) is 0 Å². The minimum atomic E-state index is -0.0978. The Bertz CT molecular complexity index is 280. The van der Waals surface area contributed by atoms with Crippen molar-refractivity contribution in [1.82, 2.24) is 4.90 Å². The summed E-state index contributed by atoms with van der Waals surface area (Å²) in [6.45, 7) is 7.90. The fraction of sp³-hybridized carbons (Fsp3) is 0.867. The summed E-state index contributed by atoms with van der Waals surface area (Å²) in [5.41, 5.74) is 5.60. The minimum absolute atomic E-state index is 0.0978.